The van der Waals surface area contributed by atoms with Gasteiger partial charge in [-0.1, -0.05) is 25.1 Å². The maximum Gasteiger partial charge on any atom is 0.275 e. The summed E-state index contributed by atoms with van der Waals surface area (Å²) < 4.78 is 0. The normalized spacial score (nSPS) is 10.6. The predicted molar refractivity (Wildman–Crippen MR) is 93.9 cm³/mol. The van der Waals surface area contributed by atoms with E-state index in [9.17, 15) is 4.79 Å². The molecular formula is C17H16N2OS2. The molecule has 3 aromatic rings. The van der Waals surface area contributed by atoms with E-state index in [0.29, 0.717) is 5.69 Å². The second-order valence-corrected chi connectivity index (χ2v) is 7.06. The quantitative estimate of drug-likeness (QED) is 0.732. The van der Waals surface area contributed by atoms with Gasteiger partial charge in [-0.15, -0.1) is 22.7 Å². The maximum atomic E-state index is 12.4. The lowest BCUT2D eigenvalue weighted by molar-refractivity contribution is 0.102. The van der Waals surface area contributed by atoms with Crippen molar-refractivity contribution in [1.29, 1.82) is 0 Å². The fraction of sp³-hybridized carbons (Fsp3) is 0.176. The lowest BCUT2D eigenvalue weighted by atomic mass is 10.1. The number of hydrogen-bond acceptors (Lipinski definition) is 4. The van der Waals surface area contributed by atoms with Crippen LogP contribution in [-0.2, 0) is 6.42 Å². The van der Waals surface area contributed by atoms with E-state index in [2.05, 4.69) is 30.2 Å². The summed E-state index contributed by atoms with van der Waals surface area (Å²) in [6, 6.07) is 12.0. The molecule has 1 N–H and O–H groups in total. The van der Waals surface area contributed by atoms with E-state index in [0.717, 1.165) is 27.6 Å². The smallest absolute Gasteiger partial charge is 0.275 e. The molecule has 0 radical (unpaired) electrons. The molecule has 0 fully saturated rings. The molecule has 0 saturated carbocycles. The first-order chi connectivity index (χ1) is 10.7. The summed E-state index contributed by atoms with van der Waals surface area (Å²) in [5, 5.41) is 5.67. The number of benzene rings is 1. The highest BCUT2D eigenvalue weighted by molar-refractivity contribution is 7.21. The summed E-state index contributed by atoms with van der Waals surface area (Å²) in [6.45, 7) is 4.14. The zero-order valence-corrected chi connectivity index (χ0v) is 14.1. The fourth-order valence-corrected chi connectivity index (χ4v) is 3.92. The molecule has 0 unspecified atom stereocenters. The number of carbonyl (C=O) groups excluding carboxylic acids is 1. The van der Waals surface area contributed by atoms with Crippen LogP contribution in [0.15, 0.2) is 41.8 Å². The zero-order chi connectivity index (χ0) is 15.5. The van der Waals surface area contributed by atoms with E-state index in [4.69, 9.17) is 0 Å². The monoisotopic (exact) mass is 328 g/mol. The van der Waals surface area contributed by atoms with Crippen LogP contribution in [0.3, 0.4) is 0 Å². The van der Waals surface area contributed by atoms with Crippen LogP contribution >= 0.6 is 22.7 Å². The van der Waals surface area contributed by atoms with Crippen molar-refractivity contribution in [3.63, 3.8) is 0 Å². The van der Waals surface area contributed by atoms with Crippen LogP contribution in [0, 0.1) is 6.92 Å². The summed E-state index contributed by atoms with van der Waals surface area (Å²) >= 11 is 3.20. The van der Waals surface area contributed by atoms with Crippen molar-refractivity contribution in [3.05, 3.63) is 57.9 Å². The van der Waals surface area contributed by atoms with Gasteiger partial charge in [0, 0.05) is 15.9 Å². The Balaban J connectivity index is 1.80. The zero-order valence-electron chi connectivity index (χ0n) is 12.4. The van der Waals surface area contributed by atoms with Crippen LogP contribution in [0.25, 0.3) is 9.88 Å². The number of aromatic nitrogens is 1. The number of thiazole rings is 1. The van der Waals surface area contributed by atoms with Gasteiger partial charge in [-0.05, 0) is 37.1 Å². The molecule has 112 valence electrons. The van der Waals surface area contributed by atoms with Crippen LogP contribution < -0.4 is 5.32 Å². The molecule has 22 heavy (non-hydrogen) atoms. The van der Waals surface area contributed by atoms with Crippen molar-refractivity contribution < 1.29 is 4.79 Å². The first-order valence-corrected chi connectivity index (χ1v) is 8.78. The Morgan fingerprint density at radius 3 is 2.77 bits per heavy atom. The SMILES string of the molecule is CCc1ccccc1NC(=O)c1csc(-c2ccc(C)s2)n1. The van der Waals surface area contributed by atoms with Crippen molar-refractivity contribution >= 4 is 34.3 Å². The summed E-state index contributed by atoms with van der Waals surface area (Å²) in [6.07, 6.45) is 0.882. The van der Waals surface area contributed by atoms with E-state index in [1.54, 1.807) is 11.3 Å². The lowest BCUT2D eigenvalue weighted by Crippen LogP contribution is -2.13. The number of carbonyl (C=O) groups is 1. The number of hydrogen-bond donors (Lipinski definition) is 1. The van der Waals surface area contributed by atoms with E-state index >= 15 is 0 Å². The van der Waals surface area contributed by atoms with Gasteiger partial charge in [-0.25, -0.2) is 4.98 Å². The number of thiophene rings is 1. The highest BCUT2D eigenvalue weighted by Gasteiger charge is 2.14. The van der Waals surface area contributed by atoms with Crippen LogP contribution in [0.1, 0.15) is 27.9 Å². The molecule has 0 aliphatic heterocycles. The summed E-state index contributed by atoms with van der Waals surface area (Å²) in [5.74, 6) is -0.156. The predicted octanol–water partition coefficient (Wildman–Crippen LogP) is 4.99. The summed E-state index contributed by atoms with van der Waals surface area (Å²) in [5.41, 5.74) is 2.45. The summed E-state index contributed by atoms with van der Waals surface area (Å²) in [4.78, 5) is 19.2. The topological polar surface area (TPSA) is 42.0 Å². The Morgan fingerprint density at radius 1 is 1.23 bits per heavy atom. The molecule has 2 heterocycles. The van der Waals surface area contributed by atoms with Crippen LogP contribution in [0.2, 0.25) is 0 Å². The molecule has 3 rings (SSSR count). The minimum Gasteiger partial charge on any atom is -0.320 e. The largest absolute Gasteiger partial charge is 0.320 e. The highest BCUT2D eigenvalue weighted by Crippen LogP contribution is 2.30. The van der Waals surface area contributed by atoms with E-state index in [1.165, 1.54) is 16.2 Å². The molecule has 0 bridgehead atoms. The van der Waals surface area contributed by atoms with E-state index < -0.39 is 0 Å². The number of amides is 1. The third-order valence-corrected chi connectivity index (χ3v) is 5.35. The van der Waals surface area contributed by atoms with Crippen LogP contribution in [0.5, 0.6) is 0 Å². The van der Waals surface area contributed by atoms with Gasteiger partial charge in [-0.3, -0.25) is 4.79 Å². The third-order valence-electron chi connectivity index (χ3n) is 3.33. The molecule has 0 aliphatic carbocycles. The van der Waals surface area contributed by atoms with Gasteiger partial charge >= 0.3 is 0 Å². The standard InChI is InChI=1S/C17H16N2OS2/c1-3-12-6-4-5-7-13(12)18-16(20)14-10-21-17(19-14)15-9-8-11(2)22-15/h4-10H,3H2,1-2H3,(H,18,20). The number of nitrogens with zero attached hydrogens (tertiary/aromatic N) is 1. The molecular weight excluding hydrogens is 312 g/mol. The van der Waals surface area contributed by atoms with Gasteiger partial charge in [0.1, 0.15) is 10.7 Å². The minimum absolute atomic E-state index is 0.156. The molecule has 0 spiro atoms. The third kappa shape index (κ3) is 3.10. The second-order valence-electron chi connectivity index (χ2n) is 4.91. The van der Waals surface area contributed by atoms with Crippen molar-refractivity contribution in [2.24, 2.45) is 0 Å². The molecule has 0 saturated heterocycles. The Morgan fingerprint density at radius 2 is 2.05 bits per heavy atom. The molecule has 0 atom stereocenters. The minimum atomic E-state index is -0.156. The molecule has 5 heteroatoms. The molecule has 0 aliphatic rings. The number of nitrogens with one attached hydrogen (secondary N) is 1. The number of aryl methyl sites for hydroxylation is 2. The molecule has 2 aromatic heterocycles. The van der Waals surface area contributed by atoms with Crippen LogP contribution in [-0.4, -0.2) is 10.9 Å². The van der Waals surface area contributed by atoms with E-state index in [1.807, 2.05) is 35.7 Å². The van der Waals surface area contributed by atoms with E-state index in [-0.39, 0.29) is 5.91 Å². The number of anilines is 1. The van der Waals surface area contributed by atoms with Crippen molar-refractivity contribution in [2.75, 3.05) is 5.32 Å². The average Bonchev–Trinajstić information content (AvgIpc) is 3.16. The molecule has 3 nitrogen and oxygen atoms in total. The first-order valence-electron chi connectivity index (χ1n) is 7.09. The van der Waals surface area contributed by atoms with Gasteiger partial charge in [-0.2, -0.15) is 0 Å². The Labute approximate surface area is 137 Å². The molecule has 1 amide bonds. The first kappa shape index (κ1) is 14.9. The lowest BCUT2D eigenvalue weighted by Gasteiger charge is -2.08. The van der Waals surface area contributed by atoms with Crippen molar-refractivity contribution in [3.8, 4) is 9.88 Å². The van der Waals surface area contributed by atoms with Gasteiger partial charge in [0.05, 0.1) is 4.88 Å². The Hall–Kier alpha value is -1.98. The maximum absolute atomic E-state index is 12.4. The van der Waals surface area contributed by atoms with Crippen molar-refractivity contribution in [2.45, 2.75) is 20.3 Å². The number of rotatable bonds is 4. The van der Waals surface area contributed by atoms with Crippen LogP contribution in [0.4, 0.5) is 5.69 Å². The Kier molecular flexibility index (Phi) is 4.36. The van der Waals surface area contributed by atoms with Gasteiger partial charge in [0.25, 0.3) is 5.91 Å². The van der Waals surface area contributed by atoms with Crippen molar-refractivity contribution in [1.82, 2.24) is 4.98 Å². The van der Waals surface area contributed by atoms with Gasteiger partial charge in [0.2, 0.25) is 0 Å². The molecule has 1 aromatic carbocycles. The highest BCUT2D eigenvalue weighted by atomic mass is 32.1. The summed E-state index contributed by atoms with van der Waals surface area (Å²) in [7, 11) is 0. The fourth-order valence-electron chi connectivity index (χ4n) is 2.18. The number of para-hydroxylation sites is 1. The van der Waals surface area contributed by atoms with Gasteiger partial charge < -0.3 is 5.32 Å². The second kappa shape index (κ2) is 6.42. The van der Waals surface area contributed by atoms with Gasteiger partial charge in [0.15, 0.2) is 0 Å². The average molecular weight is 328 g/mol. The Bertz CT molecular complexity index is 804.